The number of rotatable bonds is 8. The molecule has 3 rings (SSSR count). The van der Waals surface area contributed by atoms with Crippen molar-refractivity contribution in [3.8, 4) is 0 Å². The Morgan fingerprint density at radius 1 is 0.767 bits per heavy atom. The van der Waals surface area contributed by atoms with Crippen LogP contribution in [0.15, 0.2) is 72.8 Å². The first-order valence-corrected chi connectivity index (χ1v) is 10.3. The van der Waals surface area contributed by atoms with Crippen LogP contribution in [0, 0.1) is 13.8 Å². The molecule has 0 saturated carbocycles. The van der Waals surface area contributed by atoms with Crippen LogP contribution >= 0.6 is 0 Å². The maximum Gasteiger partial charge on any atom is 0.253 e. The molecule has 0 unspecified atom stereocenters. The minimum absolute atomic E-state index is 0.0993. The molecule has 4 nitrogen and oxygen atoms in total. The van der Waals surface area contributed by atoms with E-state index in [4.69, 9.17) is 0 Å². The van der Waals surface area contributed by atoms with Crippen molar-refractivity contribution >= 4 is 17.5 Å². The zero-order valence-corrected chi connectivity index (χ0v) is 17.6. The van der Waals surface area contributed by atoms with E-state index in [9.17, 15) is 9.59 Å². The van der Waals surface area contributed by atoms with Crippen LogP contribution in [0.4, 0.5) is 5.69 Å². The number of anilines is 1. The monoisotopic (exact) mass is 400 g/mol. The van der Waals surface area contributed by atoms with Gasteiger partial charge in [-0.2, -0.15) is 0 Å². The summed E-state index contributed by atoms with van der Waals surface area (Å²) in [6.45, 7) is 4.69. The second-order valence-corrected chi connectivity index (χ2v) is 7.50. The smallest absolute Gasteiger partial charge is 0.253 e. The van der Waals surface area contributed by atoms with Crippen molar-refractivity contribution in [2.75, 3.05) is 11.9 Å². The highest BCUT2D eigenvalue weighted by atomic mass is 16.2. The molecule has 0 fully saturated rings. The molecule has 0 saturated heterocycles. The third kappa shape index (κ3) is 6.05. The summed E-state index contributed by atoms with van der Waals surface area (Å²) in [5.41, 5.74) is 5.80. The van der Waals surface area contributed by atoms with Gasteiger partial charge in [0.1, 0.15) is 0 Å². The number of hydrogen-bond donors (Lipinski definition) is 2. The summed E-state index contributed by atoms with van der Waals surface area (Å²) in [7, 11) is 0. The van der Waals surface area contributed by atoms with Gasteiger partial charge >= 0.3 is 0 Å². The third-order valence-electron chi connectivity index (χ3n) is 5.20. The van der Waals surface area contributed by atoms with Crippen LogP contribution in [-0.2, 0) is 17.6 Å². The zero-order valence-electron chi connectivity index (χ0n) is 17.6. The minimum Gasteiger partial charge on any atom is -0.352 e. The third-order valence-corrected chi connectivity index (χ3v) is 5.20. The molecule has 0 aliphatic heterocycles. The Kier molecular flexibility index (Phi) is 7.39. The molecule has 3 aromatic rings. The van der Waals surface area contributed by atoms with E-state index in [2.05, 4.69) is 42.7 Å². The Hall–Kier alpha value is -3.40. The highest BCUT2D eigenvalue weighted by Crippen LogP contribution is 2.16. The van der Waals surface area contributed by atoms with Crippen LogP contribution in [0.5, 0.6) is 0 Å². The zero-order chi connectivity index (χ0) is 21.3. The number of para-hydroxylation sites is 1. The number of benzene rings is 3. The van der Waals surface area contributed by atoms with Gasteiger partial charge in [-0.3, -0.25) is 9.59 Å². The Labute approximate surface area is 178 Å². The van der Waals surface area contributed by atoms with Crippen LogP contribution in [-0.4, -0.2) is 18.4 Å². The van der Waals surface area contributed by atoms with Crippen molar-refractivity contribution < 1.29 is 9.59 Å². The Morgan fingerprint density at radius 3 is 2.27 bits per heavy atom. The number of aryl methyl sites for hydroxylation is 3. The van der Waals surface area contributed by atoms with Crippen LogP contribution in [0.2, 0.25) is 0 Å². The average molecular weight is 401 g/mol. The number of carbonyl (C=O) groups excluding carboxylic acids is 2. The normalized spacial score (nSPS) is 10.5. The second-order valence-electron chi connectivity index (χ2n) is 7.50. The van der Waals surface area contributed by atoms with Crippen molar-refractivity contribution in [2.24, 2.45) is 0 Å². The molecule has 0 spiro atoms. The highest BCUT2D eigenvalue weighted by molar-refractivity contribution is 6.03. The summed E-state index contributed by atoms with van der Waals surface area (Å²) in [6.07, 6.45) is 1.79. The molecule has 2 amide bonds. The Balaban J connectivity index is 1.55. The molecule has 30 heavy (non-hydrogen) atoms. The van der Waals surface area contributed by atoms with Gasteiger partial charge in [0.25, 0.3) is 5.91 Å². The summed E-state index contributed by atoms with van der Waals surface area (Å²) in [4.78, 5) is 25.1. The van der Waals surface area contributed by atoms with Gasteiger partial charge in [0.2, 0.25) is 5.91 Å². The van der Waals surface area contributed by atoms with E-state index in [1.165, 1.54) is 16.7 Å². The van der Waals surface area contributed by atoms with Crippen LogP contribution in [0.3, 0.4) is 0 Å². The fraction of sp³-hybridized carbons (Fsp3) is 0.231. The van der Waals surface area contributed by atoms with E-state index in [-0.39, 0.29) is 11.8 Å². The lowest BCUT2D eigenvalue weighted by Crippen LogP contribution is -2.27. The van der Waals surface area contributed by atoms with Gasteiger partial charge in [0.05, 0.1) is 11.3 Å². The second kappa shape index (κ2) is 10.4. The molecule has 0 aliphatic rings. The number of nitrogens with one attached hydrogen (secondary N) is 2. The Morgan fingerprint density at radius 2 is 1.50 bits per heavy atom. The molecule has 154 valence electrons. The first kappa shape index (κ1) is 21.3. The number of carbonyl (C=O) groups is 2. The summed E-state index contributed by atoms with van der Waals surface area (Å²) < 4.78 is 0. The lowest BCUT2D eigenvalue weighted by molar-refractivity contribution is -0.116. The summed E-state index contributed by atoms with van der Waals surface area (Å²) in [5.74, 6) is -0.284. The predicted molar refractivity (Wildman–Crippen MR) is 122 cm³/mol. The van der Waals surface area contributed by atoms with Crippen molar-refractivity contribution in [1.82, 2.24) is 5.32 Å². The molecule has 2 N–H and O–H groups in total. The average Bonchev–Trinajstić information content (AvgIpc) is 2.75. The largest absolute Gasteiger partial charge is 0.352 e. The first-order chi connectivity index (χ1) is 14.5. The van der Waals surface area contributed by atoms with Crippen molar-refractivity contribution in [3.05, 3.63) is 101 Å². The molecule has 4 heteroatoms. The van der Waals surface area contributed by atoms with E-state index >= 15 is 0 Å². The molecule has 0 heterocycles. The van der Waals surface area contributed by atoms with Crippen LogP contribution in [0.25, 0.3) is 0 Å². The van der Waals surface area contributed by atoms with E-state index in [1.807, 2.05) is 36.4 Å². The lowest BCUT2D eigenvalue weighted by atomic mass is 10.0. The standard InChI is InChI=1S/C26H28N2O2/c1-19-12-13-22(18-20(19)2)14-15-25(29)28-24-11-7-6-10-23(24)26(30)27-17-16-21-8-4-3-5-9-21/h3-13,18H,14-17H2,1-2H3,(H,27,30)(H,28,29). The van der Waals surface area contributed by atoms with E-state index in [0.29, 0.717) is 30.6 Å². The fourth-order valence-electron chi connectivity index (χ4n) is 3.28. The Bertz CT molecular complexity index is 1010. The predicted octanol–water partition coefficient (Wildman–Crippen LogP) is 4.85. The quantitative estimate of drug-likeness (QED) is 0.568. The molecule has 3 aromatic carbocycles. The van der Waals surface area contributed by atoms with E-state index in [1.54, 1.807) is 18.2 Å². The highest BCUT2D eigenvalue weighted by Gasteiger charge is 2.13. The van der Waals surface area contributed by atoms with Gasteiger partial charge < -0.3 is 10.6 Å². The molecular formula is C26H28N2O2. The van der Waals surface area contributed by atoms with Gasteiger partial charge in [0, 0.05) is 13.0 Å². The maximum absolute atomic E-state index is 12.6. The minimum atomic E-state index is -0.184. The summed E-state index contributed by atoms with van der Waals surface area (Å²) in [6, 6.07) is 23.4. The van der Waals surface area contributed by atoms with Gasteiger partial charge in [-0.05, 0) is 61.1 Å². The van der Waals surface area contributed by atoms with Gasteiger partial charge in [-0.1, -0.05) is 60.7 Å². The van der Waals surface area contributed by atoms with Crippen LogP contribution < -0.4 is 10.6 Å². The van der Waals surface area contributed by atoms with Crippen molar-refractivity contribution in [3.63, 3.8) is 0 Å². The van der Waals surface area contributed by atoms with E-state index in [0.717, 1.165) is 12.0 Å². The summed E-state index contributed by atoms with van der Waals surface area (Å²) >= 11 is 0. The molecule has 0 aliphatic carbocycles. The van der Waals surface area contributed by atoms with Gasteiger partial charge in [0.15, 0.2) is 0 Å². The molecule has 0 atom stereocenters. The van der Waals surface area contributed by atoms with Crippen molar-refractivity contribution in [1.29, 1.82) is 0 Å². The topological polar surface area (TPSA) is 58.2 Å². The van der Waals surface area contributed by atoms with Gasteiger partial charge in [-0.25, -0.2) is 0 Å². The number of amides is 2. The van der Waals surface area contributed by atoms with E-state index < -0.39 is 0 Å². The number of hydrogen-bond acceptors (Lipinski definition) is 2. The first-order valence-electron chi connectivity index (χ1n) is 10.3. The maximum atomic E-state index is 12.6. The fourth-order valence-corrected chi connectivity index (χ4v) is 3.28. The molecule has 0 bridgehead atoms. The molecular weight excluding hydrogens is 372 g/mol. The lowest BCUT2D eigenvalue weighted by Gasteiger charge is -2.12. The van der Waals surface area contributed by atoms with Gasteiger partial charge in [-0.15, -0.1) is 0 Å². The molecule has 0 radical (unpaired) electrons. The van der Waals surface area contributed by atoms with Crippen molar-refractivity contribution in [2.45, 2.75) is 33.1 Å². The summed E-state index contributed by atoms with van der Waals surface area (Å²) in [5, 5.41) is 5.84. The molecule has 0 aromatic heterocycles. The SMILES string of the molecule is Cc1ccc(CCC(=O)Nc2ccccc2C(=O)NCCc2ccccc2)cc1C. The van der Waals surface area contributed by atoms with Crippen LogP contribution in [0.1, 0.15) is 39.0 Å².